The lowest BCUT2D eigenvalue weighted by Gasteiger charge is -2.26. The molecule has 1 saturated carbocycles. The molecular formula is C22H29ClN2O. The number of carbonyl (C=O) groups excluding carboxylic acids is 1. The van der Waals surface area contributed by atoms with Crippen molar-refractivity contribution in [1.82, 2.24) is 5.32 Å². The summed E-state index contributed by atoms with van der Waals surface area (Å²) >= 11 is 0. The van der Waals surface area contributed by atoms with Crippen molar-refractivity contribution < 1.29 is 4.79 Å². The highest BCUT2D eigenvalue weighted by Gasteiger charge is 2.25. The van der Waals surface area contributed by atoms with Gasteiger partial charge in [-0.05, 0) is 36.8 Å². The molecule has 1 aliphatic carbocycles. The zero-order valence-electron chi connectivity index (χ0n) is 15.1. The lowest BCUT2D eigenvalue weighted by molar-refractivity contribution is -0.126. The maximum Gasteiger partial charge on any atom is 0.223 e. The predicted molar refractivity (Wildman–Crippen MR) is 110 cm³/mol. The normalized spacial score (nSPS) is 19.6. The Hall–Kier alpha value is -1.84. The summed E-state index contributed by atoms with van der Waals surface area (Å²) in [6.07, 6.45) is 4.81. The van der Waals surface area contributed by atoms with Gasteiger partial charge in [0.25, 0.3) is 0 Å². The molecule has 3 nitrogen and oxygen atoms in total. The summed E-state index contributed by atoms with van der Waals surface area (Å²) in [5.74, 6) is 0.571. The molecule has 1 amide bonds. The van der Waals surface area contributed by atoms with Crippen molar-refractivity contribution in [2.75, 3.05) is 6.54 Å². The Morgan fingerprint density at radius 1 is 1.00 bits per heavy atom. The molecule has 2 aromatic rings. The molecule has 140 valence electrons. The third kappa shape index (κ3) is 5.58. The minimum Gasteiger partial charge on any atom is -0.356 e. The van der Waals surface area contributed by atoms with Crippen molar-refractivity contribution in [2.45, 2.75) is 44.1 Å². The summed E-state index contributed by atoms with van der Waals surface area (Å²) in [6, 6.07) is 21.2. The molecule has 4 heteroatoms. The number of benzene rings is 2. The number of nitrogens with one attached hydrogen (secondary N) is 1. The van der Waals surface area contributed by atoms with Crippen LogP contribution in [0, 0.1) is 5.92 Å². The van der Waals surface area contributed by atoms with Gasteiger partial charge in [0, 0.05) is 24.4 Å². The Labute approximate surface area is 162 Å². The van der Waals surface area contributed by atoms with E-state index in [0.717, 1.165) is 32.1 Å². The standard InChI is InChI=1S/C22H28N2O.ClH/c23-20-13-7-12-19(16-20)22(25)24-15-14-21(17-8-3-1-4-9-17)18-10-5-2-6-11-18;/h1-6,8-11,19-21H,7,12-16,23H2,(H,24,25);1H. The van der Waals surface area contributed by atoms with Crippen LogP contribution in [0.3, 0.4) is 0 Å². The van der Waals surface area contributed by atoms with E-state index in [0.29, 0.717) is 12.5 Å². The van der Waals surface area contributed by atoms with Crippen molar-refractivity contribution in [2.24, 2.45) is 11.7 Å². The monoisotopic (exact) mass is 372 g/mol. The molecule has 0 radical (unpaired) electrons. The number of carbonyl (C=O) groups is 1. The van der Waals surface area contributed by atoms with E-state index in [2.05, 4.69) is 53.8 Å². The highest BCUT2D eigenvalue weighted by molar-refractivity contribution is 5.85. The molecular weight excluding hydrogens is 344 g/mol. The van der Waals surface area contributed by atoms with Gasteiger partial charge in [0.2, 0.25) is 5.91 Å². The number of amides is 1. The van der Waals surface area contributed by atoms with Crippen LogP contribution < -0.4 is 11.1 Å². The first kappa shape index (κ1) is 20.5. The van der Waals surface area contributed by atoms with Crippen molar-refractivity contribution >= 4 is 18.3 Å². The van der Waals surface area contributed by atoms with Crippen LogP contribution in [0.15, 0.2) is 60.7 Å². The third-order valence-corrected chi connectivity index (χ3v) is 5.22. The first-order chi connectivity index (χ1) is 12.2. The number of hydrogen-bond donors (Lipinski definition) is 2. The lowest BCUT2D eigenvalue weighted by atomic mass is 9.85. The Morgan fingerprint density at radius 2 is 1.58 bits per heavy atom. The van der Waals surface area contributed by atoms with E-state index in [1.54, 1.807) is 0 Å². The van der Waals surface area contributed by atoms with Gasteiger partial charge in [-0.1, -0.05) is 67.1 Å². The summed E-state index contributed by atoms with van der Waals surface area (Å²) in [7, 11) is 0. The number of halogens is 1. The molecule has 2 unspecified atom stereocenters. The van der Waals surface area contributed by atoms with Crippen LogP contribution >= 0.6 is 12.4 Å². The molecule has 26 heavy (non-hydrogen) atoms. The van der Waals surface area contributed by atoms with Crippen LogP contribution in [0.2, 0.25) is 0 Å². The van der Waals surface area contributed by atoms with E-state index < -0.39 is 0 Å². The first-order valence-electron chi connectivity index (χ1n) is 9.37. The minimum atomic E-state index is 0. The van der Waals surface area contributed by atoms with Crippen LogP contribution in [0.5, 0.6) is 0 Å². The fourth-order valence-corrected chi connectivity index (χ4v) is 3.85. The van der Waals surface area contributed by atoms with Gasteiger partial charge in [-0.2, -0.15) is 0 Å². The molecule has 1 fully saturated rings. The molecule has 2 aromatic carbocycles. The second-order valence-electron chi connectivity index (χ2n) is 7.08. The number of rotatable bonds is 6. The van der Waals surface area contributed by atoms with E-state index >= 15 is 0 Å². The molecule has 0 aromatic heterocycles. The van der Waals surface area contributed by atoms with Gasteiger partial charge in [-0.15, -0.1) is 12.4 Å². The molecule has 3 N–H and O–H groups in total. The molecule has 0 aliphatic heterocycles. The van der Waals surface area contributed by atoms with Crippen LogP contribution in [0.1, 0.15) is 49.1 Å². The molecule has 0 heterocycles. The second-order valence-corrected chi connectivity index (χ2v) is 7.08. The van der Waals surface area contributed by atoms with Gasteiger partial charge in [0.15, 0.2) is 0 Å². The maximum atomic E-state index is 12.4. The maximum absolute atomic E-state index is 12.4. The van der Waals surface area contributed by atoms with Crippen LogP contribution in [-0.2, 0) is 4.79 Å². The van der Waals surface area contributed by atoms with E-state index in [9.17, 15) is 4.79 Å². The van der Waals surface area contributed by atoms with Gasteiger partial charge in [0.05, 0.1) is 0 Å². The van der Waals surface area contributed by atoms with Gasteiger partial charge in [-0.3, -0.25) is 4.79 Å². The predicted octanol–water partition coefficient (Wildman–Crippen LogP) is 4.26. The van der Waals surface area contributed by atoms with Crippen LogP contribution in [-0.4, -0.2) is 18.5 Å². The van der Waals surface area contributed by atoms with Crippen molar-refractivity contribution in [3.05, 3.63) is 71.8 Å². The molecule has 0 saturated heterocycles. The average Bonchev–Trinajstić information content (AvgIpc) is 2.66. The lowest BCUT2D eigenvalue weighted by Crippen LogP contribution is -2.38. The summed E-state index contributed by atoms with van der Waals surface area (Å²) in [5, 5.41) is 3.15. The van der Waals surface area contributed by atoms with Gasteiger partial charge < -0.3 is 11.1 Å². The average molecular weight is 373 g/mol. The SMILES string of the molecule is Cl.NC1CCCC(C(=O)NCCC(c2ccccc2)c2ccccc2)C1. The zero-order valence-corrected chi connectivity index (χ0v) is 16.0. The van der Waals surface area contributed by atoms with Crippen molar-refractivity contribution in [1.29, 1.82) is 0 Å². The number of hydrogen-bond acceptors (Lipinski definition) is 2. The zero-order chi connectivity index (χ0) is 17.5. The van der Waals surface area contributed by atoms with E-state index in [4.69, 9.17) is 5.73 Å². The quantitative estimate of drug-likeness (QED) is 0.795. The molecule has 2 atom stereocenters. The summed E-state index contributed by atoms with van der Waals surface area (Å²) in [6.45, 7) is 0.693. The Bertz CT molecular complexity index is 623. The van der Waals surface area contributed by atoms with E-state index in [-0.39, 0.29) is 30.3 Å². The molecule has 0 spiro atoms. The molecule has 3 rings (SSSR count). The van der Waals surface area contributed by atoms with Gasteiger partial charge in [0.1, 0.15) is 0 Å². The van der Waals surface area contributed by atoms with E-state index in [1.165, 1.54) is 11.1 Å². The van der Waals surface area contributed by atoms with Crippen LogP contribution in [0.25, 0.3) is 0 Å². The Balaban J connectivity index is 0.00000243. The first-order valence-corrected chi connectivity index (χ1v) is 9.37. The third-order valence-electron chi connectivity index (χ3n) is 5.22. The largest absolute Gasteiger partial charge is 0.356 e. The summed E-state index contributed by atoms with van der Waals surface area (Å²) in [5.41, 5.74) is 8.60. The topological polar surface area (TPSA) is 55.1 Å². The second kappa shape index (κ2) is 10.3. The molecule has 1 aliphatic rings. The fraction of sp³-hybridized carbons (Fsp3) is 0.409. The summed E-state index contributed by atoms with van der Waals surface area (Å²) < 4.78 is 0. The summed E-state index contributed by atoms with van der Waals surface area (Å²) in [4.78, 5) is 12.4. The van der Waals surface area contributed by atoms with Gasteiger partial charge in [-0.25, -0.2) is 0 Å². The molecule has 0 bridgehead atoms. The van der Waals surface area contributed by atoms with Crippen molar-refractivity contribution in [3.63, 3.8) is 0 Å². The Kier molecular flexibility index (Phi) is 8.14. The Morgan fingerprint density at radius 3 is 2.12 bits per heavy atom. The van der Waals surface area contributed by atoms with Gasteiger partial charge >= 0.3 is 0 Å². The highest BCUT2D eigenvalue weighted by Crippen LogP contribution is 2.28. The smallest absolute Gasteiger partial charge is 0.223 e. The van der Waals surface area contributed by atoms with Crippen molar-refractivity contribution in [3.8, 4) is 0 Å². The highest BCUT2D eigenvalue weighted by atomic mass is 35.5. The number of nitrogens with two attached hydrogens (primary N) is 1. The van der Waals surface area contributed by atoms with E-state index in [1.807, 2.05) is 12.1 Å². The fourth-order valence-electron chi connectivity index (χ4n) is 3.85. The minimum absolute atomic E-state index is 0. The van der Waals surface area contributed by atoms with Crippen LogP contribution in [0.4, 0.5) is 0 Å².